The van der Waals surface area contributed by atoms with Crippen LogP contribution in [0.5, 0.6) is 0 Å². The molecule has 9 aromatic carbocycles. The van der Waals surface area contributed by atoms with E-state index >= 15 is 0 Å². The van der Waals surface area contributed by atoms with Gasteiger partial charge in [0.15, 0.2) is 0 Å². The van der Waals surface area contributed by atoms with Gasteiger partial charge in [-0.3, -0.25) is 0 Å². The number of halogens is 1. The van der Waals surface area contributed by atoms with E-state index in [4.69, 9.17) is 4.99 Å². The number of allylic oxidation sites excluding steroid dienone is 3. The van der Waals surface area contributed by atoms with Crippen molar-refractivity contribution in [2.24, 2.45) is 4.99 Å². The van der Waals surface area contributed by atoms with E-state index in [1.807, 2.05) is 0 Å². The van der Waals surface area contributed by atoms with Crippen LogP contribution in [-0.4, -0.2) is 19.5 Å². The van der Waals surface area contributed by atoms with Crippen molar-refractivity contribution < 1.29 is 0 Å². The number of nitrogens with zero attached hydrogens (tertiary/aromatic N) is 4. The van der Waals surface area contributed by atoms with Crippen LogP contribution in [0.15, 0.2) is 233 Å². The van der Waals surface area contributed by atoms with Gasteiger partial charge in [-0.25, -0.2) is 0 Å². The second-order valence-corrected chi connectivity index (χ2v) is 22.6. The fourth-order valence-corrected chi connectivity index (χ4v) is 16.7. The van der Waals surface area contributed by atoms with Gasteiger partial charge in [-0.05, 0) is 0 Å². The molecule has 13 rings (SSSR count). The second kappa shape index (κ2) is 15.5. The maximum atomic E-state index is 5.67. The standard InChI is InChI=1S/C61H43IN4/c1-3-54(41-19-5-4-6-20-41)63-61(66-59-32-18-12-26-49(59)51-39-43(34-36-60(51)66)65-57-30-16-10-24-47(57)48-25-11-17-31-58(48)65)37-40(2)62-52-27-13-7-21-44(52)50-38-42(33-35-53(50)62)64-55-28-14-8-22-45(55)46-23-9-15-29-56(46)64/h3-39H,1-2H3/b40-37+,54-3-,63-61+. The normalized spacial score (nSPS) is 13.8. The first-order valence-electron chi connectivity index (χ1n) is 22.6. The van der Waals surface area contributed by atoms with Gasteiger partial charge in [0.2, 0.25) is 0 Å². The number of hydrogen-bond donors (Lipinski definition) is 0. The number of fused-ring (bicyclic) bond motifs is 12. The third kappa shape index (κ3) is 5.93. The van der Waals surface area contributed by atoms with Crippen molar-refractivity contribution in [1.29, 1.82) is 0 Å². The summed E-state index contributed by atoms with van der Waals surface area (Å²) in [5.41, 5.74) is 14.2. The summed E-state index contributed by atoms with van der Waals surface area (Å²) in [5.74, 6) is 0.908. The number of benzene rings is 9. The molecule has 1 aliphatic rings. The molecule has 12 aromatic rings. The summed E-state index contributed by atoms with van der Waals surface area (Å²) in [7, 11) is 0. The molecule has 0 saturated heterocycles. The summed E-state index contributed by atoms with van der Waals surface area (Å²) in [4.78, 5) is 5.67. The van der Waals surface area contributed by atoms with Crippen LogP contribution in [-0.2, 0) is 0 Å². The van der Waals surface area contributed by atoms with Crippen LogP contribution < -0.4 is 0 Å². The van der Waals surface area contributed by atoms with Crippen molar-refractivity contribution in [2.75, 3.05) is 0 Å². The molecule has 1 aliphatic heterocycles. The fourth-order valence-electron chi connectivity index (χ4n) is 10.5. The summed E-state index contributed by atoms with van der Waals surface area (Å²) in [6, 6.07) is 77.8. The van der Waals surface area contributed by atoms with Crippen LogP contribution in [0, 0.1) is 7.14 Å². The molecule has 5 heteroatoms. The van der Waals surface area contributed by atoms with Crippen molar-refractivity contribution in [2.45, 2.75) is 13.8 Å². The zero-order valence-corrected chi connectivity index (χ0v) is 38.7. The molecule has 4 nitrogen and oxygen atoms in total. The predicted molar refractivity (Wildman–Crippen MR) is 288 cm³/mol. The summed E-state index contributed by atoms with van der Waals surface area (Å²) in [5, 5.41) is 7.46. The molecular formula is C61H43IN4. The Hall–Kier alpha value is -7.74. The van der Waals surface area contributed by atoms with Gasteiger partial charge >= 0.3 is 380 Å². The first-order valence-corrected chi connectivity index (χ1v) is 25.8. The van der Waals surface area contributed by atoms with Gasteiger partial charge in [0.1, 0.15) is 0 Å². The molecular weight excluding hydrogens is 916 g/mol. The van der Waals surface area contributed by atoms with Gasteiger partial charge in [0.05, 0.1) is 0 Å². The molecule has 0 atom stereocenters. The summed E-state index contributed by atoms with van der Waals surface area (Å²) < 4.78 is 11.6. The van der Waals surface area contributed by atoms with Crippen molar-refractivity contribution in [3.05, 3.63) is 241 Å². The molecule has 0 amide bonds. The van der Waals surface area contributed by atoms with Gasteiger partial charge in [0, 0.05) is 0 Å². The Morgan fingerprint density at radius 3 is 1.47 bits per heavy atom. The molecule has 0 saturated carbocycles. The molecule has 66 heavy (non-hydrogen) atoms. The van der Waals surface area contributed by atoms with E-state index in [-0.39, 0.29) is 0 Å². The predicted octanol–water partition coefficient (Wildman–Crippen LogP) is 16.4. The van der Waals surface area contributed by atoms with E-state index in [0.717, 1.165) is 33.8 Å². The Labute approximate surface area is 390 Å². The third-order valence-corrected chi connectivity index (χ3v) is 19.5. The van der Waals surface area contributed by atoms with E-state index in [1.165, 1.54) is 81.9 Å². The van der Waals surface area contributed by atoms with Crippen molar-refractivity contribution in [3.63, 3.8) is 0 Å². The SMILES string of the molecule is C\C=C(/N=C(\C=C(/C)I1c2ccccc2-c2cc(-n3c4ccccc4c4ccccc43)ccc21)n1c2ccccc2c2cc(-n3c4ccccc4c4ccccc43)ccc21)c1ccccc1. The Morgan fingerprint density at radius 2 is 0.879 bits per heavy atom. The van der Waals surface area contributed by atoms with Crippen LogP contribution in [0.3, 0.4) is 0 Å². The Balaban J connectivity index is 1.01. The topological polar surface area (TPSA) is 27.1 Å². The van der Waals surface area contributed by atoms with Gasteiger partial charge in [-0.15, -0.1) is 0 Å². The Kier molecular flexibility index (Phi) is 9.07. The zero-order chi connectivity index (χ0) is 43.9. The number of aliphatic imine (C=N–C) groups is 1. The summed E-state index contributed by atoms with van der Waals surface area (Å²) in [6.07, 6.45) is 4.55. The fraction of sp³-hybridized carbons (Fsp3) is 0.0328. The van der Waals surface area contributed by atoms with E-state index in [0.29, 0.717) is 0 Å². The zero-order valence-electron chi connectivity index (χ0n) is 36.5. The number of rotatable bonds is 6. The van der Waals surface area contributed by atoms with Crippen LogP contribution in [0.2, 0.25) is 0 Å². The first-order chi connectivity index (χ1) is 32.6. The minimum atomic E-state index is -2.19. The Morgan fingerprint density at radius 1 is 0.424 bits per heavy atom. The number of hydrogen-bond acceptors (Lipinski definition) is 1. The summed E-state index contributed by atoms with van der Waals surface area (Å²) in [6.45, 7) is 4.46. The molecule has 0 bridgehead atoms. The van der Waals surface area contributed by atoms with Gasteiger partial charge in [0.25, 0.3) is 0 Å². The third-order valence-electron chi connectivity index (χ3n) is 13.3. The van der Waals surface area contributed by atoms with Crippen LogP contribution in [0.25, 0.3) is 93.6 Å². The van der Waals surface area contributed by atoms with Crippen molar-refractivity contribution in [3.8, 4) is 22.5 Å². The maximum absolute atomic E-state index is 5.67. The van der Waals surface area contributed by atoms with Crippen LogP contribution in [0.4, 0.5) is 0 Å². The van der Waals surface area contributed by atoms with Gasteiger partial charge in [-0.2, -0.15) is 0 Å². The monoisotopic (exact) mass is 958 g/mol. The average Bonchev–Trinajstić information content (AvgIpc) is 4.10. The second-order valence-electron chi connectivity index (χ2n) is 17.0. The molecule has 0 spiro atoms. The van der Waals surface area contributed by atoms with E-state index in [1.54, 1.807) is 0 Å². The van der Waals surface area contributed by atoms with Crippen molar-refractivity contribution in [1.82, 2.24) is 13.7 Å². The van der Waals surface area contributed by atoms with E-state index < -0.39 is 19.8 Å². The van der Waals surface area contributed by atoms with E-state index in [2.05, 4.69) is 252 Å². The number of aromatic nitrogens is 3. The molecule has 0 fully saturated rings. The molecule has 0 radical (unpaired) electrons. The first kappa shape index (κ1) is 38.7. The van der Waals surface area contributed by atoms with E-state index in [9.17, 15) is 0 Å². The molecule has 314 valence electrons. The van der Waals surface area contributed by atoms with Crippen molar-refractivity contribution >= 4 is 96.8 Å². The minimum absolute atomic E-state index is 0.908. The average molecular weight is 959 g/mol. The quantitative estimate of drug-likeness (QED) is 0.0902. The Bertz CT molecular complexity index is 3920. The molecule has 0 aliphatic carbocycles. The molecule has 0 N–H and O–H groups in total. The van der Waals surface area contributed by atoms with Gasteiger partial charge in [-0.1, -0.05) is 12.1 Å². The van der Waals surface area contributed by atoms with Gasteiger partial charge < -0.3 is 0 Å². The molecule has 4 heterocycles. The van der Waals surface area contributed by atoms with Crippen LogP contribution >= 0.6 is 19.8 Å². The number of para-hydroxylation sites is 5. The summed E-state index contributed by atoms with van der Waals surface area (Å²) >= 11 is -2.19. The van der Waals surface area contributed by atoms with Crippen LogP contribution in [0.1, 0.15) is 19.4 Å². The molecule has 0 unspecified atom stereocenters. The molecule has 3 aromatic heterocycles.